The number of benzene rings is 2. The monoisotopic (exact) mass is 310 g/mol. The fraction of sp³-hybridized carbons (Fsp3) is 0.0588. The molecule has 4 N–H and O–H groups in total. The number of nitrogens with two attached hydrogens (primary N) is 2. The molecule has 0 saturated heterocycles. The van der Waals surface area contributed by atoms with Crippen LogP contribution < -0.4 is 16.2 Å². The minimum Gasteiger partial charge on any atom is -0.496 e. The minimum absolute atomic E-state index is 0.378. The van der Waals surface area contributed by atoms with Gasteiger partial charge >= 0.3 is 0 Å². The van der Waals surface area contributed by atoms with Crippen LogP contribution in [-0.4, -0.2) is 17.1 Å². The van der Waals surface area contributed by atoms with Crippen molar-refractivity contribution in [2.75, 3.05) is 18.6 Å². The molecule has 0 aliphatic rings. The normalized spacial score (nSPS) is 10.5. The van der Waals surface area contributed by atoms with E-state index in [1.54, 1.807) is 30.3 Å². The number of aromatic nitrogens is 2. The number of hydrogen-bond acceptors (Lipinski definition) is 5. The summed E-state index contributed by atoms with van der Waals surface area (Å²) in [5, 5.41) is 0. The van der Waals surface area contributed by atoms with Crippen LogP contribution in [-0.2, 0) is 0 Å². The third kappa shape index (κ3) is 2.78. The molecule has 0 aliphatic carbocycles. The summed E-state index contributed by atoms with van der Waals surface area (Å²) in [5.74, 6) is 0.0140. The lowest BCUT2D eigenvalue weighted by molar-refractivity contribution is 0.413. The van der Waals surface area contributed by atoms with Crippen molar-refractivity contribution in [1.82, 2.24) is 9.97 Å². The predicted octanol–water partition coefficient (Wildman–Crippen LogP) is 3.12. The highest BCUT2D eigenvalue weighted by atomic mass is 19.1. The lowest BCUT2D eigenvalue weighted by Crippen LogP contribution is -1.99. The number of nitrogens with zero attached hydrogens (tertiary/aromatic N) is 2. The van der Waals surface area contributed by atoms with E-state index >= 15 is 0 Å². The van der Waals surface area contributed by atoms with Gasteiger partial charge in [-0.15, -0.1) is 0 Å². The van der Waals surface area contributed by atoms with Gasteiger partial charge in [-0.2, -0.15) is 0 Å². The first-order chi connectivity index (χ1) is 11.1. The third-order valence-corrected chi connectivity index (χ3v) is 3.49. The Hall–Kier alpha value is -3.15. The van der Waals surface area contributed by atoms with Crippen LogP contribution in [0.3, 0.4) is 0 Å². The molecule has 0 fully saturated rings. The number of methoxy groups -OCH3 is 1. The van der Waals surface area contributed by atoms with Crippen LogP contribution in [0, 0.1) is 5.82 Å². The summed E-state index contributed by atoms with van der Waals surface area (Å²) in [4.78, 5) is 8.48. The van der Waals surface area contributed by atoms with Gasteiger partial charge in [0.15, 0.2) is 0 Å². The third-order valence-electron chi connectivity index (χ3n) is 3.49. The lowest BCUT2D eigenvalue weighted by atomic mass is 10.0. The van der Waals surface area contributed by atoms with E-state index in [0.29, 0.717) is 39.6 Å². The Morgan fingerprint density at radius 3 is 2.35 bits per heavy atom. The molecule has 1 aromatic heterocycles. The Kier molecular flexibility index (Phi) is 3.80. The summed E-state index contributed by atoms with van der Waals surface area (Å²) < 4.78 is 18.6. The van der Waals surface area contributed by atoms with Crippen LogP contribution in [0.1, 0.15) is 0 Å². The molecule has 116 valence electrons. The molecule has 23 heavy (non-hydrogen) atoms. The van der Waals surface area contributed by atoms with Crippen LogP contribution in [0.4, 0.5) is 15.8 Å². The van der Waals surface area contributed by atoms with E-state index < -0.39 is 0 Å². The Morgan fingerprint density at radius 1 is 0.957 bits per heavy atom. The minimum atomic E-state index is -0.378. The molecule has 0 spiro atoms. The second-order valence-electron chi connectivity index (χ2n) is 4.94. The largest absolute Gasteiger partial charge is 0.496 e. The number of anilines is 2. The standard InChI is InChI=1S/C17H15FN4O/c1-23-16-7-10(18)5-6-11(16)14-8-15(22-9-21-14)17-12(19)3-2-4-13(17)20/h2-9H,19-20H2,1H3. The molecule has 0 aliphatic heterocycles. The summed E-state index contributed by atoms with van der Waals surface area (Å²) in [6.45, 7) is 0. The molecule has 0 saturated carbocycles. The fourth-order valence-corrected chi connectivity index (χ4v) is 2.40. The fourth-order valence-electron chi connectivity index (χ4n) is 2.40. The van der Waals surface area contributed by atoms with Crippen molar-refractivity contribution in [3.05, 3.63) is 54.6 Å². The smallest absolute Gasteiger partial charge is 0.131 e. The highest BCUT2D eigenvalue weighted by Gasteiger charge is 2.13. The molecular weight excluding hydrogens is 295 g/mol. The van der Waals surface area contributed by atoms with Gasteiger partial charge in [-0.3, -0.25) is 0 Å². The van der Waals surface area contributed by atoms with Crippen LogP contribution in [0.25, 0.3) is 22.5 Å². The predicted molar refractivity (Wildman–Crippen MR) is 88.2 cm³/mol. The van der Waals surface area contributed by atoms with E-state index in [4.69, 9.17) is 16.2 Å². The van der Waals surface area contributed by atoms with E-state index in [1.165, 1.54) is 25.6 Å². The van der Waals surface area contributed by atoms with Gasteiger partial charge < -0.3 is 16.2 Å². The number of rotatable bonds is 3. The number of halogens is 1. The van der Waals surface area contributed by atoms with Crippen molar-refractivity contribution in [1.29, 1.82) is 0 Å². The SMILES string of the molecule is COc1cc(F)ccc1-c1cc(-c2c(N)cccc2N)ncn1. The molecule has 0 bridgehead atoms. The summed E-state index contributed by atoms with van der Waals surface area (Å²) in [5.41, 5.74) is 15.6. The van der Waals surface area contributed by atoms with Crippen molar-refractivity contribution in [3.63, 3.8) is 0 Å². The highest BCUT2D eigenvalue weighted by molar-refractivity contribution is 5.86. The molecule has 1 heterocycles. The molecule has 0 unspecified atom stereocenters. The van der Waals surface area contributed by atoms with Crippen LogP contribution in [0.2, 0.25) is 0 Å². The molecule has 3 rings (SSSR count). The van der Waals surface area contributed by atoms with Gasteiger partial charge in [0, 0.05) is 28.6 Å². The second-order valence-corrected chi connectivity index (χ2v) is 4.94. The highest BCUT2D eigenvalue weighted by Crippen LogP contribution is 2.34. The van der Waals surface area contributed by atoms with Crippen molar-refractivity contribution < 1.29 is 9.13 Å². The maximum atomic E-state index is 13.4. The van der Waals surface area contributed by atoms with Gasteiger partial charge in [-0.1, -0.05) is 6.07 Å². The first kappa shape index (κ1) is 14.8. The summed E-state index contributed by atoms with van der Waals surface area (Å²) >= 11 is 0. The zero-order valence-corrected chi connectivity index (χ0v) is 12.5. The number of hydrogen-bond donors (Lipinski definition) is 2. The molecule has 6 heteroatoms. The van der Waals surface area contributed by atoms with Crippen LogP contribution in [0.5, 0.6) is 5.75 Å². The molecule has 0 radical (unpaired) electrons. The average Bonchev–Trinajstić information content (AvgIpc) is 2.55. The van der Waals surface area contributed by atoms with E-state index in [1.807, 2.05) is 0 Å². The first-order valence-corrected chi connectivity index (χ1v) is 6.90. The van der Waals surface area contributed by atoms with E-state index in [9.17, 15) is 4.39 Å². The molecular formula is C17H15FN4O. The van der Waals surface area contributed by atoms with Crippen LogP contribution >= 0.6 is 0 Å². The summed E-state index contributed by atoms with van der Waals surface area (Å²) in [7, 11) is 1.48. The number of nitrogen functional groups attached to an aromatic ring is 2. The molecule has 0 atom stereocenters. The Bertz CT molecular complexity index is 847. The van der Waals surface area contributed by atoms with E-state index in [-0.39, 0.29) is 5.82 Å². The van der Waals surface area contributed by atoms with Crippen molar-refractivity contribution in [3.8, 4) is 28.3 Å². The molecule has 0 amide bonds. The van der Waals surface area contributed by atoms with Gasteiger partial charge in [0.05, 0.1) is 18.5 Å². The topological polar surface area (TPSA) is 87.0 Å². The van der Waals surface area contributed by atoms with Gasteiger partial charge in [0.2, 0.25) is 0 Å². The Balaban J connectivity index is 2.15. The zero-order valence-electron chi connectivity index (χ0n) is 12.5. The van der Waals surface area contributed by atoms with Crippen molar-refractivity contribution >= 4 is 11.4 Å². The van der Waals surface area contributed by atoms with E-state index in [0.717, 1.165) is 0 Å². The molecule has 2 aromatic carbocycles. The maximum Gasteiger partial charge on any atom is 0.131 e. The number of ether oxygens (including phenoxy) is 1. The summed E-state index contributed by atoms with van der Waals surface area (Å²) in [6, 6.07) is 11.3. The average molecular weight is 310 g/mol. The quantitative estimate of drug-likeness (QED) is 0.726. The van der Waals surface area contributed by atoms with Crippen molar-refractivity contribution in [2.45, 2.75) is 0 Å². The second kappa shape index (κ2) is 5.92. The Morgan fingerprint density at radius 2 is 1.65 bits per heavy atom. The zero-order chi connectivity index (χ0) is 16.4. The van der Waals surface area contributed by atoms with E-state index in [2.05, 4.69) is 9.97 Å². The van der Waals surface area contributed by atoms with Crippen molar-refractivity contribution in [2.24, 2.45) is 0 Å². The van der Waals surface area contributed by atoms with Gasteiger partial charge in [0.1, 0.15) is 17.9 Å². The Labute approximate surface area is 132 Å². The lowest BCUT2D eigenvalue weighted by Gasteiger charge is -2.11. The summed E-state index contributed by atoms with van der Waals surface area (Å²) in [6.07, 6.45) is 1.42. The van der Waals surface area contributed by atoms with Gasteiger partial charge in [0.25, 0.3) is 0 Å². The van der Waals surface area contributed by atoms with Crippen LogP contribution in [0.15, 0.2) is 48.8 Å². The van der Waals surface area contributed by atoms with Gasteiger partial charge in [-0.25, -0.2) is 14.4 Å². The maximum absolute atomic E-state index is 13.4. The first-order valence-electron chi connectivity index (χ1n) is 6.90. The van der Waals surface area contributed by atoms with Gasteiger partial charge in [-0.05, 0) is 30.3 Å². The molecule has 3 aromatic rings. The molecule has 5 nitrogen and oxygen atoms in total.